The van der Waals surface area contributed by atoms with E-state index in [9.17, 15) is 0 Å². The molecule has 3 nitrogen and oxygen atoms in total. The molecule has 2 aromatic rings. The Bertz CT molecular complexity index is 523. The van der Waals surface area contributed by atoms with Crippen molar-refractivity contribution >= 4 is 17.6 Å². The molecule has 0 aliphatic heterocycles. The third-order valence-corrected chi connectivity index (χ3v) is 3.61. The Morgan fingerprint density at radius 3 is 2.53 bits per heavy atom. The topological polar surface area (TPSA) is 37.8 Å². The molecule has 0 radical (unpaired) electrons. The molecule has 100 valence electrons. The van der Waals surface area contributed by atoms with Gasteiger partial charge in [0, 0.05) is 12.6 Å². The Balaban J connectivity index is 1.98. The largest absolute Gasteiger partial charge is 0.366 e. The number of hydrogen-bond donors (Lipinski definition) is 1. The van der Waals surface area contributed by atoms with E-state index in [4.69, 9.17) is 0 Å². The first-order valence-electron chi connectivity index (χ1n) is 6.38. The molecule has 1 heterocycles. The molecule has 0 fully saturated rings. The fourth-order valence-corrected chi connectivity index (χ4v) is 2.14. The van der Waals surface area contributed by atoms with Crippen LogP contribution in [0.5, 0.6) is 0 Å². The molecule has 0 saturated carbocycles. The second-order valence-corrected chi connectivity index (χ2v) is 5.52. The van der Waals surface area contributed by atoms with E-state index in [1.807, 2.05) is 12.3 Å². The van der Waals surface area contributed by atoms with Crippen LogP contribution in [-0.2, 0) is 6.54 Å². The lowest BCUT2D eigenvalue weighted by molar-refractivity contribution is 0.865. The van der Waals surface area contributed by atoms with Crippen LogP contribution in [0.25, 0.3) is 0 Å². The van der Waals surface area contributed by atoms with Crippen molar-refractivity contribution in [1.82, 2.24) is 9.97 Å². The van der Waals surface area contributed by atoms with Crippen LogP contribution in [0.2, 0.25) is 0 Å². The molecule has 19 heavy (non-hydrogen) atoms. The van der Waals surface area contributed by atoms with Crippen LogP contribution in [0, 0.1) is 0 Å². The van der Waals surface area contributed by atoms with Crippen molar-refractivity contribution in [2.24, 2.45) is 0 Å². The van der Waals surface area contributed by atoms with Gasteiger partial charge in [-0.25, -0.2) is 9.97 Å². The smallest absolute Gasteiger partial charge is 0.130 e. The second-order valence-electron chi connectivity index (χ2n) is 4.70. The van der Waals surface area contributed by atoms with Crippen molar-refractivity contribution in [2.75, 3.05) is 11.6 Å². The summed E-state index contributed by atoms with van der Waals surface area (Å²) in [6, 6.07) is 10.7. The highest BCUT2D eigenvalue weighted by molar-refractivity contribution is 7.98. The SMILES string of the molecule is CSc1cc(NCc2ccc(C(C)C)cc2)ncn1. The Kier molecular flexibility index (Phi) is 4.80. The summed E-state index contributed by atoms with van der Waals surface area (Å²) < 4.78 is 0. The van der Waals surface area contributed by atoms with E-state index in [2.05, 4.69) is 53.4 Å². The first-order chi connectivity index (χ1) is 9.19. The van der Waals surface area contributed by atoms with Crippen molar-refractivity contribution in [3.8, 4) is 0 Å². The van der Waals surface area contributed by atoms with Gasteiger partial charge in [-0.15, -0.1) is 11.8 Å². The molecular formula is C15H19N3S. The number of hydrogen-bond acceptors (Lipinski definition) is 4. The van der Waals surface area contributed by atoms with Crippen molar-refractivity contribution in [3.63, 3.8) is 0 Å². The van der Waals surface area contributed by atoms with E-state index in [1.54, 1.807) is 18.1 Å². The first-order valence-corrected chi connectivity index (χ1v) is 7.60. The van der Waals surface area contributed by atoms with Crippen molar-refractivity contribution in [1.29, 1.82) is 0 Å². The Morgan fingerprint density at radius 2 is 1.89 bits per heavy atom. The van der Waals surface area contributed by atoms with Gasteiger partial charge >= 0.3 is 0 Å². The predicted octanol–water partition coefficient (Wildman–Crippen LogP) is 3.93. The molecular weight excluding hydrogens is 254 g/mol. The molecule has 1 aromatic carbocycles. The normalized spacial score (nSPS) is 10.7. The van der Waals surface area contributed by atoms with Crippen LogP contribution in [-0.4, -0.2) is 16.2 Å². The lowest BCUT2D eigenvalue weighted by Gasteiger charge is -2.08. The van der Waals surface area contributed by atoms with Crippen LogP contribution >= 0.6 is 11.8 Å². The highest BCUT2D eigenvalue weighted by atomic mass is 32.2. The number of aromatic nitrogens is 2. The Labute approximate surface area is 118 Å². The van der Waals surface area contributed by atoms with Gasteiger partial charge in [0.1, 0.15) is 17.2 Å². The minimum Gasteiger partial charge on any atom is -0.366 e. The zero-order valence-electron chi connectivity index (χ0n) is 11.6. The number of thioether (sulfide) groups is 1. The third-order valence-electron chi connectivity index (χ3n) is 2.97. The molecule has 0 unspecified atom stereocenters. The van der Waals surface area contributed by atoms with E-state index in [-0.39, 0.29) is 0 Å². The maximum Gasteiger partial charge on any atom is 0.130 e. The molecule has 0 spiro atoms. The van der Waals surface area contributed by atoms with Gasteiger partial charge in [-0.3, -0.25) is 0 Å². The summed E-state index contributed by atoms with van der Waals surface area (Å²) in [5, 5.41) is 4.30. The molecule has 0 amide bonds. The molecule has 0 saturated heterocycles. The second kappa shape index (κ2) is 6.57. The minimum atomic E-state index is 0.577. The summed E-state index contributed by atoms with van der Waals surface area (Å²) in [6.07, 6.45) is 3.60. The molecule has 2 rings (SSSR count). The summed E-state index contributed by atoms with van der Waals surface area (Å²) in [5.41, 5.74) is 2.63. The molecule has 0 aliphatic carbocycles. The van der Waals surface area contributed by atoms with Crippen LogP contribution in [0.1, 0.15) is 30.9 Å². The van der Waals surface area contributed by atoms with Gasteiger partial charge in [0.25, 0.3) is 0 Å². The number of benzene rings is 1. The molecule has 1 N–H and O–H groups in total. The molecule has 0 atom stereocenters. The van der Waals surface area contributed by atoms with E-state index in [0.29, 0.717) is 5.92 Å². The minimum absolute atomic E-state index is 0.577. The van der Waals surface area contributed by atoms with Gasteiger partial charge in [-0.1, -0.05) is 38.1 Å². The summed E-state index contributed by atoms with van der Waals surface area (Å²) in [6.45, 7) is 5.19. The average molecular weight is 273 g/mol. The lowest BCUT2D eigenvalue weighted by atomic mass is 10.0. The van der Waals surface area contributed by atoms with Crippen LogP contribution < -0.4 is 5.32 Å². The van der Waals surface area contributed by atoms with Crippen molar-refractivity contribution in [3.05, 3.63) is 47.8 Å². The van der Waals surface area contributed by atoms with E-state index >= 15 is 0 Å². The average Bonchev–Trinajstić information content (AvgIpc) is 2.46. The van der Waals surface area contributed by atoms with E-state index < -0.39 is 0 Å². The summed E-state index contributed by atoms with van der Waals surface area (Å²) in [7, 11) is 0. The highest BCUT2D eigenvalue weighted by Crippen LogP contribution is 2.16. The maximum atomic E-state index is 4.21. The molecule has 0 bridgehead atoms. The Morgan fingerprint density at radius 1 is 1.16 bits per heavy atom. The fourth-order valence-electron chi connectivity index (χ4n) is 1.76. The lowest BCUT2D eigenvalue weighted by Crippen LogP contribution is -2.02. The van der Waals surface area contributed by atoms with Gasteiger partial charge in [-0.05, 0) is 23.3 Å². The first kappa shape index (κ1) is 13.9. The zero-order valence-corrected chi connectivity index (χ0v) is 12.4. The zero-order chi connectivity index (χ0) is 13.7. The van der Waals surface area contributed by atoms with Crippen LogP contribution in [0.15, 0.2) is 41.7 Å². The number of anilines is 1. The van der Waals surface area contributed by atoms with E-state index in [0.717, 1.165) is 17.4 Å². The van der Waals surface area contributed by atoms with Gasteiger partial charge in [0.2, 0.25) is 0 Å². The van der Waals surface area contributed by atoms with Crippen molar-refractivity contribution < 1.29 is 0 Å². The third kappa shape index (κ3) is 3.96. The fraction of sp³-hybridized carbons (Fsp3) is 0.333. The van der Waals surface area contributed by atoms with Gasteiger partial charge in [0.15, 0.2) is 0 Å². The summed E-state index contributed by atoms with van der Waals surface area (Å²) in [5.74, 6) is 1.44. The Hall–Kier alpha value is -1.55. The number of rotatable bonds is 5. The predicted molar refractivity (Wildman–Crippen MR) is 81.7 cm³/mol. The quantitative estimate of drug-likeness (QED) is 0.661. The molecule has 0 aliphatic rings. The van der Waals surface area contributed by atoms with Gasteiger partial charge < -0.3 is 5.32 Å². The summed E-state index contributed by atoms with van der Waals surface area (Å²) >= 11 is 1.62. The van der Waals surface area contributed by atoms with Gasteiger partial charge in [-0.2, -0.15) is 0 Å². The van der Waals surface area contributed by atoms with Crippen molar-refractivity contribution in [2.45, 2.75) is 31.3 Å². The standard InChI is InChI=1S/C15H19N3S/c1-11(2)13-6-4-12(5-7-13)9-16-14-8-15(19-3)18-10-17-14/h4-8,10-11H,9H2,1-3H3,(H,16,17,18). The summed E-state index contributed by atoms with van der Waals surface area (Å²) in [4.78, 5) is 8.37. The van der Waals surface area contributed by atoms with Crippen LogP contribution in [0.3, 0.4) is 0 Å². The number of nitrogens with one attached hydrogen (secondary N) is 1. The van der Waals surface area contributed by atoms with E-state index in [1.165, 1.54) is 11.1 Å². The highest BCUT2D eigenvalue weighted by Gasteiger charge is 2.00. The maximum absolute atomic E-state index is 4.21. The number of nitrogens with zero attached hydrogens (tertiary/aromatic N) is 2. The molecule has 4 heteroatoms. The van der Waals surface area contributed by atoms with Crippen LogP contribution in [0.4, 0.5) is 5.82 Å². The van der Waals surface area contributed by atoms with Gasteiger partial charge in [0.05, 0.1) is 0 Å². The molecule has 1 aromatic heterocycles. The monoisotopic (exact) mass is 273 g/mol.